The largest absolute Gasteiger partial charge is 0.354 e. The molecule has 2 aromatic carbocycles. The van der Waals surface area contributed by atoms with E-state index in [1.165, 1.54) is 0 Å². The predicted octanol–water partition coefficient (Wildman–Crippen LogP) is 3.10. The Bertz CT molecular complexity index is 849. The van der Waals surface area contributed by atoms with Gasteiger partial charge < -0.3 is 16.0 Å². The summed E-state index contributed by atoms with van der Waals surface area (Å²) in [6.45, 7) is 3.94. The van der Waals surface area contributed by atoms with Gasteiger partial charge in [0.2, 0.25) is 11.8 Å². The van der Waals surface area contributed by atoms with Gasteiger partial charge in [-0.15, -0.1) is 0 Å². The summed E-state index contributed by atoms with van der Waals surface area (Å²) >= 11 is 0. The molecule has 0 radical (unpaired) electrons. The molecule has 2 amide bonds. The van der Waals surface area contributed by atoms with Crippen LogP contribution in [0, 0.1) is 11.8 Å². The molecule has 6 nitrogen and oxygen atoms in total. The highest BCUT2D eigenvalue weighted by Crippen LogP contribution is 2.26. The Kier molecular flexibility index (Phi) is 5.54. The van der Waals surface area contributed by atoms with Gasteiger partial charge >= 0.3 is 0 Å². The second-order valence-corrected chi connectivity index (χ2v) is 7.05. The number of benzene rings is 2. The zero-order valence-electron chi connectivity index (χ0n) is 15.4. The molecule has 1 aliphatic heterocycles. The van der Waals surface area contributed by atoms with E-state index in [0.717, 1.165) is 5.69 Å². The molecule has 27 heavy (non-hydrogen) atoms. The third-order valence-corrected chi connectivity index (χ3v) is 4.41. The van der Waals surface area contributed by atoms with Crippen LogP contribution in [0.5, 0.6) is 0 Å². The van der Waals surface area contributed by atoms with Crippen molar-refractivity contribution in [2.45, 2.75) is 26.3 Å². The Morgan fingerprint density at radius 2 is 1.63 bits per heavy atom. The highest BCUT2D eigenvalue weighted by molar-refractivity contribution is 6.26. The van der Waals surface area contributed by atoms with Gasteiger partial charge in [0.05, 0.1) is 17.4 Å². The standard InChI is InChI=1S/C21H23N3O3/c1-13(2)12-17-19(25)18(21(27)24-17)20(26)23-16-11-7-6-10-15(16)22-14-8-4-3-5-9-14/h3-11,13,17-18,22H,12H2,1-2H3,(H,23,26)(H,24,27). The molecule has 0 saturated carbocycles. The summed E-state index contributed by atoms with van der Waals surface area (Å²) in [7, 11) is 0. The third kappa shape index (κ3) is 4.34. The quantitative estimate of drug-likeness (QED) is 0.687. The van der Waals surface area contributed by atoms with Gasteiger partial charge in [0.15, 0.2) is 11.7 Å². The fraction of sp³-hybridized carbons (Fsp3) is 0.286. The van der Waals surface area contributed by atoms with Crippen LogP contribution in [-0.4, -0.2) is 23.6 Å². The van der Waals surface area contributed by atoms with E-state index in [1.54, 1.807) is 12.1 Å². The minimum Gasteiger partial charge on any atom is -0.354 e. The highest BCUT2D eigenvalue weighted by Gasteiger charge is 2.45. The Balaban J connectivity index is 1.75. The van der Waals surface area contributed by atoms with Crippen molar-refractivity contribution in [1.29, 1.82) is 0 Å². The van der Waals surface area contributed by atoms with Crippen LogP contribution in [0.15, 0.2) is 54.6 Å². The van der Waals surface area contributed by atoms with Crippen molar-refractivity contribution in [2.75, 3.05) is 10.6 Å². The molecule has 140 valence electrons. The van der Waals surface area contributed by atoms with Crippen LogP contribution in [0.3, 0.4) is 0 Å². The van der Waals surface area contributed by atoms with E-state index < -0.39 is 23.8 Å². The summed E-state index contributed by atoms with van der Waals surface area (Å²) < 4.78 is 0. The summed E-state index contributed by atoms with van der Waals surface area (Å²) in [6.07, 6.45) is 0.528. The number of nitrogens with one attached hydrogen (secondary N) is 3. The maximum Gasteiger partial charge on any atom is 0.244 e. The number of Topliss-reactive ketones (excluding diaryl/α,β-unsaturated/α-hetero) is 1. The number of hydrogen-bond donors (Lipinski definition) is 3. The third-order valence-electron chi connectivity index (χ3n) is 4.41. The minimum absolute atomic E-state index is 0.247. The van der Waals surface area contributed by atoms with Crippen LogP contribution in [0.25, 0.3) is 0 Å². The maximum absolute atomic E-state index is 12.7. The van der Waals surface area contributed by atoms with E-state index in [9.17, 15) is 14.4 Å². The van der Waals surface area contributed by atoms with Gasteiger partial charge in [-0.2, -0.15) is 0 Å². The van der Waals surface area contributed by atoms with Gasteiger partial charge in [-0.25, -0.2) is 0 Å². The lowest BCUT2D eigenvalue weighted by molar-refractivity contribution is -0.135. The first-order chi connectivity index (χ1) is 13.0. The highest BCUT2D eigenvalue weighted by atomic mass is 16.2. The number of carbonyl (C=O) groups is 3. The molecule has 2 aromatic rings. The molecule has 3 N–H and O–H groups in total. The molecule has 0 aliphatic carbocycles. The van der Waals surface area contributed by atoms with Crippen molar-refractivity contribution in [3.05, 3.63) is 54.6 Å². The Morgan fingerprint density at radius 1 is 1.00 bits per heavy atom. The molecule has 1 aliphatic rings. The van der Waals surface area contributed by atoms with Gasteiger partial charge in [-0.1, -0.05) is 44.2 Å². The van der Waals surface area contributed by atoms with E-state index in [1.807, 2.05) is 56.3 Å². The van der Waals surface area contributed by atoms with E-state index in [0.29, 0.717) is 17.8 Å². The zero-order chi connectivity index (χ0) is 19.4. The predicted molar refractivity (Wildman–Crippen MR) is 105 cm³/mol. The molecule has 1 heterocycles. The first-order valence-corrected chi connectivity index (χ1v) is 9.01. The summed E-state index contributed by atoms with van der Waals surface area (Å²) in [6, 6.07) is 16.1. The molecule has 1 fully saturated rings. The van der Waals surface area contributed by atoms with E-state index in [-0.39, 0.29) is 11.7 Å². The van der Waals surface area contributed by atoms with Gasteiger partial charge in [-0.05, 0) is 36.6 Å². The molecule has 0 spiro atoms. The van der Waals surface area contributed by atoms with Crippen molar-refractivity contribution in [1.82, 2.24) is 5.32 Å². The van der Waals surface area contributed by atoms with Gasteiger partial charge in [0.1, 0.15) is 0 Å². The van der Waals surface area contributed by atoms with Gasteiger partial charge in [-0.3, -0.25) is 14.4 Å². The Morgan fingerprint density at radius 3 is 2.30 bits per heavy atom. The van der Waals surface area contributed by atoms with Crippen molar-refractivity contribution in [3.63, 3.8) is 0 Å². The number of ketones is 1. The monoisotopic (exact) mass is 365 g/mol. The number of rotatable bonds is 6. The van der Waals surface area contributed by atoms with Crippen molar-refractivity contribution < 1.29 is 14.4 Å². The second-order valence-electron chi connectivity index (χ2n) is 7.05. The van der Waals surface area contributed by atoms with Crippen molar-refractivity contribution >= 4 is 34.7 Å². The number of amides is 2. The smallest absolute Gasteiger partial charge is 0.244 e. The normalized spacial score (nSPS) is 19.1. The van der Waals surface area contributed by atoms with Crippen molar-refractivity contribution in [2.24, 2.45) is 11.8 Å². The number of carbonyl (C=O) groups excluding carboxylic acids is 3. The number of anilines is 3. The molecular formula is C21H23N3O3. The lowest BCUT2D eigenvalue weighted by Crippen LogP contribution is -2.33. The first kappa shape index (κ1) is 18.6. The molecule has 3 rings (SSSR count). The fourth-order valence-electron chi connectivity index (χ4n) is 3.13. The maximum atomic E-state index is 12.7. The fourth-order valence-corrected chi connectivity index (χ4v) is 3.13. The van der Waals surface area contributed by atoms with Crippen LogP contribution in [0.1, 0.15) is 20.3 Å². The molecular weight excluding hydrogens is 342 g/mol. The minimum atomic E-state index is -1.31. The molecule has 0 aromatic heterocycles. The average Bonchev–Trinajstić information content (AvgIpc) is 2.90. The SMILES string of the molecule is CC(C)CC1NC(=O)C(C(=O)Nc2ccccc2Nc2ccccc2)C1=O. The Hall–Kier alpha value is -3.15. The van der Waals surface area contributed by atoms with Gasteiger partial charge in [0.25, 0.3) is 0 Å². The summed E-state index contributed by atoms with van der Waals surface area (Å²) in [4.78, 5) is 37.3. The second kappa shape index (κ2) is 8.03. The molecule has 6 heteroatoms. The zero-order valence-corrected chi connectivity index (χ0v) is 15.4. The number of para-hydroxylation sites is 3. The van der Waals surface area contributed by atoms with Gasteiger partial charge in [0, 0.05) is 5.69 Å². The molecule has 2 unspecified atom stereocenters. The average molecular weight is 365 g/mol. The summed E-state index contributed by atoms with van der Waals surface area (Å²) in [5.41, 5.74) is 2.06. The molecule has 1 saturated heterocycles. The van der Waals surface area contributed by atoms with Crippen LogP contribution in [-0.2, 0) is 14.4 Å². The molecule has 2 atom stereocenters. The molecule has 0 bridgehead atoms. The van der Waals surface area contributed by atoms with Crippen LogP contribution in [0.4, 0.5) is 17.1 Å². The Labute approximate surface area is 158 Å². The number of hydrogen-bond acceptors (Lipinski definition) is 4. The topological polar surface area (TPSA) is 87.3 Å². The van der Waals surface area contributed by atoms with Crippen LogP contribution in [0.2, 0.25) is 0 Å². The van der Waals surface area contributed by atoms with E-state index >= 15 is 0 Å². The van der Waals surface area contributed by atoms with Crippen molar-refractivity contribution in [3.8, 4) is 0 Å². The van der Waals surface area contributed by atoms with Crippen LogP contribution < -0.4 is 16.0 Å². The first-order valence-electron chi connectivity index (χ1n) is 9.01. The van der Waals surface area contributed by atoms with Crippen LogP contribution >= 0.6 is 0 Å². The summed E-state index contributed by atoms with van der Waals surface area (Å²) in [5, 5.41) is 8.59. The van der Waals surface area contributed by atoms with E-state index in [4.69, 9.17) is 0 Å². The lowest BCUT2D eigenvalue weighted by Gasteiger charge is -2.14. The summed E-state index contributed by atoms with van der Waals surface area (Å²) in [5.74, 6) is -2.56. The van der Waals surface area contributed by atoms with E-state index in [2.05, 4.69) is 16.0 Å². The lowest BCUT2D eigenvalue weighted by atomic mass is 9.96.